The van der Waals surface area contributed by atoms with Gasteiger partial charge in [0, 0.05) is 19.7 Å². The van der Waals surface area contributed by atoms with Crippen LogP contribution in [0, 0.1) is 5.92 Å². The maximum absolute atomic E-state index is 12.0. The summed E-state index contributed by atoms with van der Waals surface area (Å²) in [4.78, 5) is 13.9. The van der Waals surface area contributed by atoms with Gasteiger partial charge in [-0.2, -0.15) is 11.3 Å². The number of carbonyl (C=O) groups is 1. The average molecular weight is 239 g/mol. The van der Waals surface area contributed by atoms with Gasteiger partial charge in [-0.05, 0) is 41.1 Å². The molecule has 2 rings (SSSR count). The number of aliphatic hydroxyl groups excluding tert-OH is 1. The molecule has 1 aliphatic heterocycles. The fraction of sp³-hybridized carbons (Fsp3) is 0.583. The van der Waals surface area contributed by atoms with Crippen molar-refractivity contribution in [1.29, 1.82) is 0 Å². The van der Waals surface area contributed by atoms with E-state index in [0.717, 1.165) is 31.5 Å². The third kappa shape index (κ3) is 2.83. The zero-order valence-electron chi connectivity index (χ0n) is 9.26. The SMILES string of the molecule is O=C(Cc1ccsc1)N1CCCC(CO)C1. The molecular weight excluding hydrogens is 222 g/mol. The lowest BCUT2D eigenvalue weighted by Gasteiger charge is -2.31. The summed E-state index contributed by atoms with van der Waals surface area (Å²) in [7, 11) is 0. The Bertz CT molecular complexity index is 337. The van der Waals surface area contributed by atoms with Crippen molar-refractivity contribution in [3.8, 4) is 0 Å². The van der Waals surface area contributed by atoms with Crippen molar-refractivity contribution in [2.24, 2.45) is 5.92 Å². The number of hydrogen-bond donors (Lipinski definition) is 1. The summed E-state index contributed by atoms with van der Waals surface area (Å²) in [5, 5.41) is 13.1. The summed E-state index contributed by atoms with van der Waals surface area (Å²) >= 11 is 1.62. The van der Waals surface area contributed by atoms with Crippen LogP contribution in [0.2, 0.25) is 0 Å². The Morgan fingerprint density at radius 1 is 1.62 bits per heavy atom. The average Bonchev–Trinajstić information content (AvgIpc) is 2.82. The highest BCUT2D eigenvalue weighted by Gasteiger charge is 2.22. The molecule has 1 fully saturated rings. The normalized spacial score (nSPS) is 21.1. The van der Waals surface area contributed by atoms with Crippen molar-refractivity contribution in [1.82, 2.24) is 4.90 Å². The summed E-state index contributed by atoms with van der Waals surface area (Å²) in [6.45, 7) is 1.77. The van der Waals surface area contributed by atoms with Crippen LogP contribution in [0.4, 0.5) is 0 Å². The maximum Gasteiger partial charge on any atom is 0.227 e. The smallest absolute Gasteiger partial charge is 0.227 e. The van der Waals surface area contributed by atoms with Gasteiger partial charge in [-0.25, -0.2) is 0 Å². The van der Waals surface area contributed by atoms with Crippen molar-refractivity contribution in [2.75, 3.05) is 19.7 Å². The molecule has 2 heterocycles. The van der Waals surface area contributed by atoms with Crippen LogP contribution >= 0.6 is 11.3 Å². The second kappa shape index (κ2) is 5.46. The molecule has 1 aliphatic rings. The third-order valence-corrected chi connectivity index (χ3v) is 3.80. The lowest BCUT2D eigenvalue weighted by atomic mass is 9.98. The van der Waals surface area contributed by atoms with E-state index in [-0.39, 0.29) is 18.4 Å². The van der Waals surface area contributed by atoms with Crippen LogP contribution in [-0.2, 0) is 11.2 Å². The number of aliphatic hydroxyl groups is 1. The summed E-state index contributed by atoms with van der Waals surface area (Å²) < 4.78 is 0. The number of thiophene rings is 1. The van der Waals surface area contributed by atoms with Crippen LogP contribution in [0.25, 0.3) is 0 Å². The minimum atomic E-state index is 0.191. The fourth-order valence-electron chi connectivity index (χ4n) is 2.12. The highest BCUT2D eigenvalue weighted by molar-refractivity contribution is 7.07. The van der Waals surface area contributed by atoms with Gasteiger partial charge in [-0.1, -0.05) is 0 Å². The van der Waals surface area contributed by atoms with Crippen molar-refractivity contribution < 1.29 is 9.90 Å². The van der Waals surface area contributed by atoms with Gasteiger partial charge in [0.05, 0.1) is 6.42 Å². The van der Waals surface area contributed by atoms with Crippen LogP contribution in [0.1, 0.15) is 18.4 Å². The number of nitrogens with zero attached hydrogens (tertiary/aromatic N) is 1. The zero-order valence-corrected chi connectivity index (χ0v) is 10.1. The first-order valence-corrected chi connectivity index (χ1v) is 6.63. The molecule has 0 saturated carbocycles. The van der Waals surface area contributed by atoms with Crippen LogP contribution in [-0.4, -0.2) is 35.6 Å². The van der Waals surface area contributed by atoms with Crippen LogP contribution in [0.3, 0.4) is 0 Å². The molecule has 1 atom stereocenters. The van der Waals surface area contributed by atoms with Crippen LogP contribution < -0.4 is 0 Å². The quantitative estimate of drug-likeness (QED) is 0.869. The van der Waals surface area contributed by atoms with Crippen molar-refractivity contribution >= 4 is 17.2 Å². The Morgan fingerprint density at radius 2 is 2.50 bits per heavy atom. The molecule has 1 saturated heterocycles. The van der Waals surface area contributed by atoms with Crippen molar-refractivity contribution in [3.05, 3.63) is 22.4 Å². The number of likely N-dealkylation sites (tertiary alicyclic amines) is 1. The summed E-state index contributed by atoms with van der Waals surface area (Å²) in [6.07, 6.45) is 2.56. The van der Waals surface area contributed by atoms with E-state index in [1.807, 2.05) is 21.7 Å². The van der Waals surface area contributed by atoms with Gasteiger partial charge in [-0.15, -0.1) is 0 Å². The van der Waals surface area contributed by atoms with E-state index in [1.165, 1.54) is 0 Å². The van der Waals surface area contributed by atoms with E-state index in [0.29, 0.717) is 6.42 Å². The summed E-state index contributed by atoms with van der Waals surface area (Å²) in [6, 6.07) is 2.00. The van der Waals surface area contributed by atoms with E-state index < -0.39 is 0 Å². The maximum atomic E-state index is 12.0. The monoisotopic (exact) mass is 239 g/mol. The number of hydrogen-bond acceptors (Lipinski definition) is 3. The van der Waals surface area contributed by atoms with Gasteiger partial charge in [0.1, 0.15) is 0 Å². The molecule has 1 N–H and O–H groups in total. The molecule has 16 heavy (non-hydrogen) atoms. The van der Waals surface area contributed by atoms with Gasteiger partial charge in [0.25, 0.3) is 0 Å². The topological polar surface area (TPSA) is 40.5 Å². The first-order chi connectivity index (χ1) is 7.79. The second-order valence-electron chi connectivity index (χ2n) is 4.34. The lowest BCUT2D eigenvalue weighted by molar-refractivity contribution is -0.132. The van der Waals surface area contributed by atoms with Crippen LogP contribution in [0.5, 0.6) is 0 Å². The van der Waals surface area contributed by atoms with E-state index in [2.05, 4.69) is 0 Å². The number of carbonyl (C=O) groups excluding carboxylic acids is 1. The van der Waals surface area contributed by atoms with E-state index >= 15 is 0 Å². The number of amides is 1. The third-order valence-electron chi connectivity index (χ3n) is 3.07. The molecule has 3 nitrogen and oxygen atoms in total. The molecule has 88 valence electrons. The molecule has 1 aromatic rings. The number of piperidine rings is 1. The summed E-state index contributed by atoms with van der Waals surface area (Å²) in [5.41, 5.74) is 1.10. The fourth-order valence-corrected chi connectivity index (χ4v) is 2.79. The van der Waals surface area contributed by atoms with Crippen molar-refractivity contribution in [3.63, 3.8) is 0 Å². The molecule has 0 aromatic carbocycles. The van der Waals surface area contributed by atoms with Gasteiger partial charge in [0.2, 0.25) is 5.91 Å². The van der Waals surface area contributed by atoms with Crippen LogP contribution in [0.15, 0.2) is 16.8 Å². The molecule has 0 aliphatic carbocycles. The largest absolute Gasteiger partial charge is 0.396 e. The van der Waals surface area contributed by atoms with E-state index in [9.17, 15) is 4.79 Å². The van der Waals surface area contributed by atoms with E-state index in [4.69, 9.17) is 5.11 Å². The molecule has 0 bridgehead atoms. The lowest BCUT2D eigenvalue weighted by Crippen LogP contribution is -2.41. The minimum absolute atomic E-state index is 0.191. The molecule has 1 aromatic heterocycles. The van der Waals surface area contributed by atoms with Crippen molar-refractivity contribution in [2.45, 2.75) is 19.3 Å². The molecular formula is C12H17NO2S. The Balaban J connectivity index is 1.89. The zero-order chi connectivity index (χ0) is 11.4. The Morgan fingerprint density at radius 3 is 3.19 bits per heavy atom. The Kier molecular flexibility index (Phi) is 3.96. The van der Waals surface area contributed by atoms with Gasteiger partial charge in [0.15, 0.2) is 0 Å². The molecule has 1 amide bonds. The first-order valence-electron chi connectivity index (χ1n) is 5.69. The second-order valence-corrected chi connectivity index (χ2v) is 5.12. The molecule has 0 spiro atoms. The minimum Gasteiger partial charge on any atom is -0.396 e. The highest BCUT2D eigenvalue weighted by Crippen LogP contribution is 2.17. The van der Waals surface area contributed by atoms with Gasteiger partial charge in [-0.3, -0.25) is 4.79 Å². The highest BCUT2D eigenvalue weighted by atomic mass is 32.1. The molecule has 1 unspecified atom stereocenters. The number of rotatable bonds is 3. The Hall–Kier alpha value is -0.870. The van der Waals surface area contributed by atoms with E-state index in [1.54, 1.807) is 11.3 Å². The molecule has 0 radical (unpaired) electrons. The predicted molar refractivity (Wildman–Crippen MR) is 64.4 cm³/mol. The molecule has 4 heteroatoms. The van der Waals surface area contributed by atoms with Gasteiger partial charge < -0.3 is 10.0 Å². The first kappa shape index (κ1) is 11.6. The Labute approximate surface area is 99.7 Å². The van der Waals surface area contributed by atoms with Gasteiger partial charge >= 0.3 is 0 Å². The predicted octanol–water partition coefficient (Wildman–Crippen LogP) is 1.52. The standard InChI is InChI=1S/C12H17NO2S/c14-8-11-2-1-4-13(7-11)12(15)6-10-3-5-16-9-10/h3,5,9,11,14H,1-2,4,6-8H2. The summed E-state index contributed by atoms with van der Waals surface area (Å²) in [5.74, 6) is 0.469.